The van der Waals surface area contributed by atoms with Gasteiger partial charge in [0.15, 0.2) is 5.82 Å². The fourth-order valence-corrected chi connectivity index (χ4v) is 2.64. The Hall–Kier alpha value is -3.10. The largest absolute Gasteiger partial charge is 0.363 e. The first-order valence-electron chi connectivity index (χ1n) is 7.21. The second-order valence-corrected chi connectivity index (χ2v) is 5.40. The zero-order valence-electron chi connectivity index (χ0n) is 13.0. The minimum Gasteiger partial charge on any atom is -0.363 e. The van der Waals surface area contributed by atoms with Crippen molar-refractivity contribution in [2.75, 3.05) is 5.32 Å². The maximum Gasteiger partial charge on any atom is 0.255 e. The molecule has 0 fully saturated rings. The highest BCUT2D eigenvalue weighted by Crippen LogP contribution is 2.13. The van der Waals surface area contributed by atoms with Crippen molar-refractivity contribution >= 4 is 17.4 Å². The molecule has 0 saturated heterocycles. The number of nitrogens with zero attached hydrogens (tertiary/aromatic N) is 8. The first-order chi connectivity index (χ1) is 11.1. The van der Waals surface area contributed by atoms with Crippen LogP contribution in [-0.4, -0.2) is 39.2 Å². The lowest BCUT2D eigenvalue weighted by Gasteiger charge is -2.08. The van der Waals surface area contributed by atoms with Gasteiger partial charge in [-0.25, -0.2) is 9.97 Å². The molecular weight excluding hydrogens is 294 g/mol. The lowest BCUT2D eigenvalue weighted by molar-refractivity contribution is 0.863. The highest BCUT2D eigenvalue weighted by Gasteiger charge is 2.11. The maximum absolute atomic E-state index is 4.39. The number of fused-ring (bicyclic) bond motifs is 2. The second kappa shape index (κ2) is 4.97. The van der Waals surface area contributed by atoms with Crippen molar-refractivity contribution in [3.63, 3.8) is 0 Å². The average molecular weight is 309 g/mol. The molecule has 0 atom stereocenters. The van der Waals surface area contributed by atoms with Crippen LogP contribution in [0.2, 0.25) is 0 Å². The van der Waals surface area contributed by atoms with Crippen LogP contribution in [0.25, 0.3) is 11.6 Å². The van der Waals surface area contributed by atoms with Crippen molar-refractivity contribution < 1.29 is 0 Å². The Kier molecular flexibility index (Phi) is 2.93. The maximum atomic E-state index is 4.39. The van der Waals surface area contributed by atoms with E-state index in [-0.39, 0.29) is 0 Å². The van der Waals surface area contributed by atoms with E-state index < -0.39 is 0 Å². The average Bonchev–Trinajstić information content (AvgIpc) is 3.11. The molecule has 0 amide bonds. The highest BCUT2D eigenvalue weighted by atomic mass is 15.4. The molecule has 4 heterocycles. The van der Waals surface area contributed by atoms with Gasteiger partial charge in [-0.1, -0.05) is 0 Å². The van der Waals surface area contributed by atoms with Gasteiger partial charge in [0.25, 0.3) is 11.6 Å². The molecule has 0 radical (unpaired) electrons. The first kappa shape index (κ1) is 13.6. The molecule has 0 aliphatic heterocycles. The van der Waals surface area contributed by atoms with Gasteiger partial charge in [0.1, 0.15) is 12.1 Å². The number of rotatable bonds is 3. The minimum atomic E-state index is 0.491. The van der Waals surface area contributed by atoms with Crippen molar-refractivity contribution in [3.05, 3.63) is 41.4 Å². The van der Waals surface area contributed by atoms with Crippen molar-refractivity contribution in [2.24, 2.45) is 0 Å². The van der Waals surface area contributed by atoms with E-state index in [0.717, 1.165) is 28.7 Å². The van der Waals surface area contributed by atoms with Gasteiger partial charge in [-0.2, -0.15) is 14.6 Å². The Labute approximate surface area is 131 Å². The molecule has 0 bridgehead atoms. The summed E-state index contributed by atoms with van der Waals surface area (Å²) >= 11 is 0. The molecule has 4 rings (SSSR count). The Morgan fingerprint density at radius 3 is 2.65 bits per heavy atom. The van der Waals surface area contributed by atoms with Crippen molar-refractivity contribution in [1.29, 1.82) is 0 Å². The monoisotopic (exact) mass is 309 g/mol. The molecule has 1 N–H and O–H groups in total. The zero-order chi connectivity index (χ0) is 16.0. The standard InChI is InChI=1S/C14H15N9/c1-8-4-10(3)22-12(20-21-14(22)19-8)6-15-11-5-9(2)18-13-16-7-17-23(11)13/h4-5,7,15H,6H2,1-3H3. The summed E-state index contributed by atoms with van der Waals surface area (Å²) in [5, 5.41) is 15.9. The molecule has 4 aromatic rings. The van der Waals surface area contributed by atoms with E-state index >= 15 is 0 Å². The highest BCUT2D eigenvalue weighted by molar-refractivity contribution is 5.45. The van der Waals surface area contributed by atoms with Crippen LogP contribution in [-0.2, 0) is 6.54 Å². The Bertz CT molecular complexity index is 1010. The molecule has 9 nitrogen and oxygen atoms in total. The Balaban J connectivity index is 1.70. The number of aryl methyl sites for hydroxylation is 3. The summed E-state index contributed by atoms with van der Waals surface area (Å²) in [6.07, 6.45) is 1.48. The van der Waals surface area contributed by atoms with Crippen LogP contribution in [0.3, 0.4) is 0 Å². The topological polar surface area (TPSA) is 98.2 Å². The molecule has 9 heteroatoms. The van der Waals surface area contributed by atoms with Crippen LogP contribution in [0.5, 0.6) is 0 Å². The van der Waals surface area contributed by atoms with Gasteiger partial charge in [-0.15, -0.1) is 10.2 Å². The van der Waals surface area contributed by atoms with Gasteiger partial charge < -0.3 is 5.32 Å². The fraction of sp³-hybridized carbons (Fsp3) is 0.286. The summed E-state index contributed by atoms with van der Waals surface area (Å²) in [6.45, 7) is 6.37. The molecule has 0 saturated carbocycles. The van der Waals surface area contributed by atoms with Gasteiger partial charge in [-0.05, 0) is 26.8 Å². The molecule has 0 aliphatic carbocycles. The number of nitrogens with one attached hydrogen (secondary N) is 1. The molecule has 0 aliphatic rings. The normalized spacial score (nSPS) is 11.4. The molecular formula is C14H15N9. The third kappa shape index (κ3) is 2.26. The van der Waals surface area contributed by atoms with Crippen molar-refractivity contribution in [3.8, 4) is 0 Å². The third-order valence-electron chi connectivity index (χ3n) is 3.57. The minimum absolute atomic E-state index is 0.491. The molecule has 116 valence electrons. The van der Waals surface area contributed by atoms with E-state index in [9.17, 15) is 0 Å². The van der Waals surface area contributed by atoms with E-state index in [4.69, 9.17) is 0 Å². The van der Waals surface area contributed by atoms with E-state index in [1.165, 1.54) is 6.33 Å². The lowest BCUT2D eigenvalue weighted by atomic mass is 10.3. The van der Waals surface area contributed by atoms with E-state index in [1.54, 1.807) is 4.52 Å². The van der Waals surface area contributed by atoms with Gasteiger partial charge in [0.05, 0.1) is 6.54 Å². The van der Waals surface area contributed by atoms with E-state index in [2.05, 4.69) is 35.6 Å². The summed E-state index contributed by atoms with van der Waals surface area (Å²) in [5.74, 6) is 2.76. The number of hydrogen-bond acceptors (Lipinski definition) is 7. The van der Waals surface area contributed by atoms with Crippen LogP contribution < -0.4 is 5.32 Å². The summed E-state index contributed by atoms with van der Waals surface area (Å²) in [4.78, 5) is 12.8. The summed E-state index contributed by atoms with van der Waals surface area (Å²) in [6, 6.07) is 3.92. The number of anilines is 1. The lowest BCUT2D eigenvalue weighted by Crippen LogP contribution is -2.10. The first-order valence-corrected chi connectivity index (χ1v) is 7.21. The predicted molar refractivity (Wildman–Crippen MR) is 83.1 cm³/mol. The molecule has 0 aromatic carbocycles. The zero-order valence-corrected chi connectivity index (χ0v) is 13.0. The summed E-state index contributed by atoms with van der Waals surface area (Å²) in [5.41, 5.74) is 2.84. The third-order valence-corrected chi connectivity index (χ3v) is 3.57. The number of hydrogen-bond donors (Lipinski definition) is 1. The van der Waals surface area contributed by atoms with Crippen LogP contribution in [0.4, 0.5) is 5.82 Å². The van der Waals surface area contributed by atoms with Crippen molar-refractivity contribution in [1.82, 2.24) is 39.2 Å². The Morgan fingerprint density at radius 1 is 1.00 bits per heavy atom. The summed E-state index contributed by atoms with van der Waals surface area (Å²) < 4.78 is 3.60. The quantitative estimate of drug-likeness (QED) is 0.605. The van der Waals surface area contributed by atoms with Crippen LogP contribution in [0, 0.1) is 20.8 Å². The molecule has 4 aromatic heterocycles. The number of aromatic nitrogens is 8. The summed E-state index contributed by atoms with van der Waals surface area (Å²) in [7, 11) is 0. The van der Waals surface area contributed by atoms with Gasteiger partial charge in [-0.3, -0.25) is 4.40 Å². The van der Waals surface area contributed by atoms with Gasteiger partial charge in [0.2, 0.25) is 0 Å². The SMILES string of the molecule is Cc1cc(NCc2nnc3nc(C)cc(C)n23)n2ncnc2n1. The van der Waals surface area contributed by atoms with E-state index in [1.807, 2.05) is 37.3 Å². The fourth-order valence-electron chi connectivity index (χ4n) is 2.64. The molecule has 0 unspecified atom stereocenters. The predicted octanol–water partition coefficient (Wildman–Crippen LogP) is 1.10. The molecule has 0 spiro atoms. The van der Waals surface area contributed by atoms with Gasteiger partial charge in [0, 0.05) is 23.1 Å². The van der Waals surface area contributed by atoms with Crippen molar-refractivity contribution in [2.45, 2.75) is 27.3 Å². The smallest absolute Gasteiger partial charge is 0.255 e. The van der Waals surface area contributed by atoms with Crippen LogP contribution in [0.15, 0.2) is 18.5 Å². The second-order valence-electron chi connectivity index (χ2n) is 5.40. The van der Waals surface area contributed by atoms with Gasteiger partial charge >= 0.3 is 0 Å². The van der Waals surface area contributed by atoms with Crippen LogP contribution in [0.1, 0.15) is 22.9 Å². The molecule has 23 heavy (non-hydrogen) atoms. The Morgan fingerprint density at radius 2 is 1.78 bits per heavy atom. The van der Waals surface area contributed by atoms with E-state index in [0.29, 0.717) is 18.1 Å². The van der Waals surface area contributed by atoms with Crippen LogP contribution >= 0.6 is 0 Å².